The maximum absolute atomic E-state index is 11.4. The van der Waals surface area contributed by atoms with Gasteiger partial charge < -0.3 is 25.3 Å². The van der Waals surface area contributed by atoms with E-state index in [-0.39, 0.29) is 25.4 Å². The van der Waals surface area contributed by atoms with Crippen molar-refractivity contribution in [1.29, 1.82) is 0 Å². The predicted molar refractivity (Wildman–Crippen MR) is 98.5 cm³/mol. The summed E-state index contributed by atoms with van der Waals surface area (Å²) in [6, 6.07) is -0.434. The molecule has 3 unspecified atom stereocenters. The Kier molecular flexibility index (Phi) is 8.84. The number of aromatic nitrogens is 2. The van der Waals surface area contributed by atoms with Gasteiger partial charge in [0.15, 0.2) is 0 Å². The number of anilines is 1. The molecule has 1 heterocycles. The van der Waals surface area contributed by atoms with Gasteiger partial charge in [-0.3, -0.25) is 9.32 Å². The van der Waals surface area contributed by atoms with Gasteiger partial charge in [0.05, 0.1) is 13.2 Å². The van der Waals surface area contributed by atoms with Gasteiger partial charge in [-0.15, -0.1) is 0 Å². The number of thiol groups is 1. The maximum Gasteiger partial charge on any atom is 0.481 e. The smallest absolute Gasteiger partial charge is 0.383 e. The summed E-state index contributed by atoms with van der Waals surface area (Å²) in [5.74, 6) is 0.744. The summed E-state index contributed by atoms with van der Waals surface area (Å²) < 4.78 is 30.1. The Labute approximate surface area is 161 Å². The molecule has 0 spiro atoms. The predicted octanol–water partition coefficient (Wildman–Crippen LogP) is 0.629. The largest absolute Gasteiger partial charge is 0.481 e. The Morgan fingerprint density at radius 3 is 2.56 bits per heavy atom. The first kappa shape index (κ1) is 24.0. The fourth-order valence-corrected chi connectivity index (χ4v) is 3.89. The van der Waals surface area contributed by atoms with E-state index in [1.807, 2.05) is 0 Å². The third-order valence-corrected chi connectivity index (χ3v) is 6.34. The molecule has 1 amide bonds. The molecule has 0 saturated heterocycles. The Hall–Kier alpha value is -1.04. The monoisotopic (exact) mass is 444 g/mol. The summed E-state index contributed by atoms with van der Waals surface area (Å²) in [5, 5.41) is -0.488. The van der Waals surface area contributed by atoms with Crippen LogP contribution in [0.1, 0.15) is 24.7 Å². The van der Waals surface area contributed by atoms with Gasteiger partial charge in [0.1, 0.15) is 11.6 Å². The van der Waals surface area contributed by atoms with Crippen LogP contribution in [0.25, 0.3) is 0 Å². The van der Waals surface area contributed by atoms with Gasteiger partial charge in [-0.1, -0.05) is 0 Å². The molecule has 0 aliphatic heterocycles. The first-order valence-electron chi connectivity index (χ1n) is 7.56. The zero-order chi connectivity index (χ0) is 20.8. The number of amides is 1. The van der Waals surface area contributed by atoms with Crippen molar-refractivity contribution in [3.63, 3.8) is 0 Å². The standard InChI is InChI=1S/C12H22N4O8P2S/c1-8(11(27)3-4-23-26(21,22)24-25(18,19)20)16(7-17)6-10-5-14-9(2)15-12(10)13/h5,7-8,11,27H,3-4,6H2,1-2H3,(H,21,22)(H2,13,14,15)(H2,18,19,20). The summed E-state index contributed by atoms with van der Waals surface area (Å²) in [6.07, 6.45) is 2.20. The van der Waals surface area contributed by atoms with Crippen LogP contribution in [-0.4, -0.2) is 53.9 Å². The molecule has 3 atom stereocenters. The molecule has 0 saturated carbocycles. The number of aryl methyl sites for hydroxylation is 1. The van der Waals surface area contributed by atoms with E-state index in [4.69, 9.17) is 15.5 Å². The molecular formula is C12H22N4O8P2S. The number of hydrogen-bond donors (Lipinski definition) is 5. The summed E-state index contributed by atoms with van der Waals surface area (Å²) in [5.41, 5.74) is 6.36. The zero-order valence-electron chi connectivity index (χ0n) is 14.6. The summed E-state index contributed by atoms with van der Waals surface area (Å²) in [7, 11) is -10.1. The van der Waals surface area contributed by atoms with Gasteiger partial charge in [-0.2, -0.15) is 16.9 Å². The first-order chi connectivity index (χ1) is 12.3. The highest BCUT2D eigenvalue weighted by atomic mass is 32.1. The van der Waals surface area contributed by atoms with Crippen LogP contribution in [0.2, 0.25) is 0 Å². The lowest BCUT2D eigenvalue weighted by atomic mass is 10.1. The normalized spacial score (nSPS) is 16.4. The molecule has 0 bridgehead atoms. The fraction of sp³-hybridized carbons (Fsp3) is 0.583. The van der Waals surface area contributed by atoms with Crippen LogP contribution in [0.3, 0.4) is 0 Å². The van der Waals surface area contributed by atoms with Crippen LogP contribution >= 0.6 is 28.3 Å². The van der Waals surface area contributed by atoms with E-state index in [2.05, 4.69) is 31.4 Å². The number of nitrogen functional groups attached to an aromatic ring is 1. The van der Waals surface area contributed by atoms with Gasteiger partial charge in [-0.25, -0.2) is 19.1 Å². The van der Waals surface area contributed by atoms with Gasteiger partial charge >= 0.3 is 15.6 Å². The highest BCUT2D eigenvalue weighted by molar-refractivity contribution is 7.81. The van der Waals surface area contributed by atoms with E-state index < -0.39 is 26.9 Å². The van der Waals surface area contributed by atoms with Crippen molar-refractivity contribution in [2.75, 3.05) is 12.3 Å². The maximum atomic E-state index is 11.4. The van der Waals surface area contributed by atoms with Gasteiger partial charge in [0.2, 0.25) is 6.41 Å². The third-order valence-electron chi connectivity index (χ3n) is 3.46. The van der Waals surface area contributed by atoms with Crippen molar-refractivity contribution >= 4 is 40.5 Å². The number of phosphoric acid groups is 2. The fourth-order valence-electron chi connectivity index (χ4n) is 2.02. The van der Waals surface area contributed by atoms with E-state index in [1.54, 1.807) is 13.8 Å². The lowest BCUT2D eigenvalue weighted by Gasteiger charge is -2.29. The molecule has 0 radical (unpaired) electrons. The van der Waals surface area contributed by atoms with Gasteiger partial charge in [-0.05, 0) is 20.3 Å². The number of nitrogens with two attached hydrogens (primary N) is 1. The minimum Gasteiger partial charge on any atom is -0.383 e. The highest BCUT2D eigenvalue weighted by Gasteiger charge is 2.32. The lowest BCUT2D eigenvalue weighted by Crippen LogP contribution is -2.38. The molecule has 0 aliphatic rings. The van der Waals surface area contributed by atoms with Crippen LogP contribution in [-0.2, 0) is 29.3 Å². The molecule has 5 N–H and O–H groups in total. The number of hydrogen-bond acceptors (Lipinski definition) is 9. The molecule has 154 valence electrons. The summed E-state index contributed by atoms with van der Waals surface area (Å²) in [4.78, 5) is 47.1. The average Bonchev–Trinajstić information content (AvgIpc) is 2.51. The molecule has 0 fully saturated rings. The zero-order valence-corrected chi connectivity index (χ0v) is 17.3. The van der Waals surface area contributed by atoms with Crippen molar-refractivity contribution in [3.05, 3.63) is 17.6 Å². The lowest BCUT2D eigenvalue weighted by molar-refractivity contribution is -0.120. The molecule has 15 heteroatoms. The van der Waals surface area contributed by atoms with Crippen LogP contribution in [0, 0.1) is 6.92 Å². The van der Waals surface area contributed by atoms with Crippen molar-refractivity contribution < 1.29 is 37.4 Å². The van der Waals surface area contributed by atoms with Gasteiger partial charge in [0, 0.05) is 23.1 Å². The third kappa shape index (κ3) is 8.67. The van der Waals surface area contributed by atoms with E-state index in [0.29, 0.717) is 17.8 Å². The quantitative estimate of drug-likeness (QED) is 0.183. The molecule has 1 rings (SSSR count). The SMILES string of the molecule is Cc1ncc(CN(C=O)C(C)C(S)CCOP(=O)(O)OP(=O)(O)O)c(N)n1. The number of phosphoric ester groups is 1. The highest BCUT2D eigenvalue weighted by Crippen LogP contribution is 2.57. The van der Waals surface area contributed by atoms with E-state index >= 15 is 0 Å². The minimum absolute atomic E-state index is 0.0869. The Bertz CT molecular complexity index is 748. The van der Waals surface area contributed by atoms with Crippen molar-refractivity contribution in [2.24, 2.45) is 0 Å². The molecule has 1 aromatic rings. The second kappa shape index (κ2) is 9.94. The Morgan fingerprint density at radius 2 is 2.04 bits per heavy atom. The number of carbonyl (C=O) groups excluding carboxylic acids is 1. The average molecular weight is 444 g/mol. The molecule has 0 aliphatic carbocycles. The Balaban J connectivity index is 2.62. The summed E-state index contributed by atoms with van der Waals surface area (Å²) in [6.45, 7) is 3.13. The van der Waals surface area contributed by atoms with E-state index in [9.17, 15) is 18.8 Å². The molecular weight excluding hydrogens is 422 g/mol. The molecule has 1 aromatic heterocycles. The number of nitrogens with zero attached hydrogens (tertiary/aromatic N) is 3. The van der Waals surface area contributed by atoms with Crippen molar-refractivity contribution in [1.82, 2.24) is 14.9 Å². The van der Waals surface area contributed by atoms with Crippen LogP contribution in [0.15, 0.2) is 6.20 Å². The van der Waals surface area contributed by atoms with Gasteiger partial charge in [0.25, 0.3) is 0 Å². The van der Waals surface area contributed by atoms with Crippen LogP contribution in [0.4, 0.5) is 5.82 Å². The van der Waals surface area contributed by atoms with Crippen molar-refractivity contribution in [3.8, 4) is 0 Å². The van der Waals surface area contributed by atoms with E-state index in [1.165, 1.54) is 11.1 Å². The second-order valence-corrected chi connectivity index (χ2v) is 9.07. The Morgan fingerprint density at radius 1 is 1.41 bits per heavy atom. The minimum atomic E-state index is -5.17. The topological polar surface area (TPSA) is 185 Å². The number of rotatable bonds is 11. The van der Waals surface area contributed by atoms with E-state index in [0.717, 1.165) is 0 Å². The number of carbonyl (C=O) groups is 1. The second-order valence-electron chi connectivity index (χ2n) is 5.58. The molecule has 0 aromatic carbocycles. The van der Waals surface area contributed by atoms with Crippen LogP contribution < -0.4 is 5.73 Å². The summed E-state index contributed by atoms with van der Waals surface area (Å²) >= 11 is 4.33. The molecule has 12 nitrogen and oxygen atoms in total. The first-order valence-corrected chi connectivity index (χ1v) is 11.1. The molecule has 27 heavy (non-hydrogen) atoms. The van der Waals surface area contributed by atoms with Crippen LogP contribution in [0.5, 0.6) is 0 Å². The van der Waals surface area contributed by atoms with Crippen molar-refractivity contribution in [2.45, 2.75) is 38.1 Å².